The third-order valence-electron chi connectivity index (χ3n) is 2.75. The number of rotatable bonds is 2. The Balaban J connectivity index is 2.30. The maximum Gasteiger partial charge on any atom is 0.234 e. The van der Waals surface area contributed by atoms with E-state index in [1.54, 1.807) is 7.11 Å². The van der Waals surface area contributed by atoms with E-state index < -0.39 is 0 Å². The quantitative estimate of drug-likeness (QED) is 0.761. The van der Waals surface area contributed by atoms with E-state index in [0.717, 1.165) is 5.56 Å². The number of nitrogens with one attached hydrogen (secondary N) is 1. The Labute approximate surface area is 93.6 Å². The molecule has 1 aliphatic heterocycles. The van der Waals surface area contributed by atoms with Gasteiger partial charge in [-0.15, -0.1) is 0 Å². The van der Waals surface area contributed by atoms with Crippen molar-refractivity contribution in [2.45, 2.75) is 18.8 Å². The third-order valence-corrected chi connectivity index (χ3v) is 2.75. The fraction of sp³-hybridized carbons (Fsp3) is 0.333. The van der Waals surface area contributed by atoms with E-state index in [4.69, 9.17) is 4.74 Å². The van der Waals surface area contributed by atoms with Crippen molar-refractivity contribution in [2.24, 2.45) is 0 Å². The predicted octanol–water partition coefficient (Wildman–Crippen LogP) is 1.22. The summed E-state index contributed by atoms with van der Waals surface area (Å²) < 4.78 is 5.21. The van der Waals surface area contributed by atoms with Crippen LogP contribution in [0.1, 0.15) is 24.3 Å². The minimum atomic E-state index is -0.283. The number of hydrogen-bond donors (Lipinski definition) is 1. The molecular weight excluding hydrogens is 206 g/mol. The first-order valence-corrected chi connectivity index (χ1v) is 5.19. The highest BCUT2D eigenvalue weighted by molar-refractivity contribution is 6.01. The Morgan fingerprint density at radius 3 is 2.75 bits per heavy atom. The summed E-state index contributed by atoms with van der Waals surface area (Å²) in [5, 5.41) is 2.35. The summed E-state index contributed by atoms with van der Waals surface area (Å²) in [6.45, 7) is 0. The fourth-order valence-corrected chi connectivity index (χ4v) is 1.94. The van der Waals surface area contributed by atoms with Crippen molar-refractivity contribution in [3.05, 3.63) is 29.8 Å². The summed E-state index contributed by atoms with van der Waals surface area (Å²) in [4.78, 5) is 22.7. The van der Waals surface area contributed by atoms with Gasteiger partial charge in [0.2, 0.25) is 11.8 Å². The van der Waals surface area contributed by atoms with Gasteiger partial charge in [-0.2, -0.15) is 0 Å². The van der Waals surface area contributed by atoms with Crippen LogP contribution in [0.4, 0.5) is 0 Å². The van der Waals surface area contributed by atoms with Crippen molar-refractivity contribution >= 4 is 11.8 Å². The summed E-state index contributed by atoms with van der Waals surface area (Å²) >= 11 is 0. The molecule has 2 amide bonds. The Morgan fingerprint density at radius 2 is 2.06 bits per heavy atom. The first kappa shape index (κ1) is 10.7. The van der Waals surface area contributed by atoms with E-state index in [2.05, 4.69) is 5.32 Å². The number of piperidine rings is 1. The number of amides is 2. The zero-order valence-electron chi connectivity index (χ0n) is 9.03. The monoisotopic (exact) mass is 219 g/mol. The van der Waals surface area contributed by atoms with E-state index >= 15 is 0 Å². The van der Waals surface area contributed by atoms with E-state index in [1.807, 2.05) is 24.3 Å². The van der Waals surface area contributed by atoms with Gasteiger partial charge in [-0.1, -0.05) is 18.2 Å². The molecule has 1 saturated heterocycles. The Kier molecular flexibility index (Phi) is 2.90. The number of imide groups is 1. The summed E-state index contributed by atoms with van der Waals surface area (Å²) in [6, 6.07) is 7.40. The van der Waals surface area contributed by atoms with E-state index in [-0.39, 0.29) is 17.7 Å². The molecule has 1 heterocycles. The largest absolute Gasteiger partial charge is 0.496 e. The van der Waals surface area contributed by atoms with Crippen LogP contribution >= 0.6 is 0 Å². The van der Waals surface area contributed by atoms with Crippen LogP contribution in [-0.2, 0) is 9.59 Å². The van der Waals surface area contributed by atoms with Crippen LogP contribution in [0.25, 0.3) is 0 Å². The SMILES string of the molecule is COc1ccccc1C1CCC(=O)NC1=O. The van der Waals surface area contributed by atoms with Gasteiger partial charge in [0.1, 0.15) is 5.75 Å². The molecule has 1 aromatic carbocycles. The predicted molar refractivity (Wildman–Crippen MR) is 58.1 cm³/mol. The van der Waals surface area contributed by atoms with Crippen molar-refractivity contribution in [2.75, 3.05) is 7.11 Å². The molecule has 2 rings (SSSR count). The maximum atomic E-state index is 11.7. The van der Waals surface area contributed by atoms with Crippen LogP contribution in [0.5, 0.6) is 5.75 Å². The van der Waals surface area contributed by atoms with Crippen molar-refractivity contribution < 1.29 is 14.3 Å². The van der Waals surface area contributed by atoms with Gasteiger partial charge in [0.25, 0.3) is 0 Å². The van der Waals surface area contributed by atoms with Gasteiger partial charge in [0, 0.05) is 12.0 Å². The number of methoxy groups -OCH3 is 1. The number of ether oxygens (including phenoxy) is 1. The highest BCUT2D eigenvalue weighted by Gasteiger charge is 2.29. The Morgan fingerprint density at radius 1 is 1.31 bits per heavy atom. The summed E-state index contributed by atoms with van der Waals surface area (Å²) in [5.41, 5.74) is 0.843. The van der Waals surface area contributed by atoms with E-state index in [0.29, 0.717) is 18.6 Å². The average Bonchev–Trinajstić information content (AvgIpc) is 2.29. The summed E-state index contributed by atoms with van der Waals surface area (Å²) in [6.07, 6.45) is 0.930. The first-order valence-electron chi connectivity index (χ1n) is 5.19. The van der Waals surface area contributed by atoms with Crippen molar-refractivity contribution in [3.63, 3.8) is 0 Å². The molecule has 16 heavy (non-hydrogen) atoms. The number of benzene rings is 1. The maximum absolute atomic E-state index is 11.7. The van der Waals surface area contributed by atoms with Crippen LogP contribution < -0.4 is 10.1 Å². The second kappa shape index (κ2) is 4.35. The molecule has 1 N–H and O–H groups in total. The first-order chi connectivity index (χ1) is 7.72. The lowest BCUT2D eigenvalue weighted by atomic mass is 9.90. The summed E-state index contributed by atoms with van der Waals surface area (Å²) in [5.74, 6) is -0.0252. The smallest absolute Gasteiger partial charge is 0.234 e. The van der Waals surface area contributed by atoms with Gasteiger partial charge in [0.15, 0.2) is 0 Å². The fourth-order valence-electron chi connectivity index (χ4n) is 1.94. The van der Waals surface area contributed by atoms with Crippen molar-refractivity contribution in [1.29, 1.82) is 0 Å². The standard InChI is InChI=1S/C12H13NO3/c1-16-10-5-3-2-4-8(10)9-6-7-11(14)13-12(9)15/h2-5,9H,6-7H2,1H3,(H,13,14,15). The molecule has 1 atom stereocenters. The minimum absolute atomic E-state index is 0.198. The highest BCUT2D eigenvalue weighted by atomic mass is 16.5. The zero-order chi connectivity index (χ0) is 11.5. The van der Waals surface area contributed by atoms with E-state index in [1.165, 1.54) is 0 Å². The van der Waals surface area contributed by atoms with Crippen molar-refractivity contribution in [3.8, 4) is 5.75 Å². The molecule has 1 aliphatic rings. The van der Waals surface area contributed by atoms with Gasteiger partial charge < -0.3 is 4.74 Å². The molecule has 0 aromatic heterocycles. The van der Waals surface area contributed by atoms with Crippen LogP contribution in [0.15, 0.2) is 24.3 Å². The molecule has 84 valence electrons. The van der Waals surface area contributed by atoms with Gasteiger partial charge in [0.05, 0.1) is 13.0 Å². The molecule has 1 aromatic rings. The number of carbonyl (C=O) groups excluding carboxylic acids is 2. The molecule has 0 bridgehead atoms. The Hall–Kier alpha value is -1.84. The lowest BCUT2D eigenvalue weighted by molar-refractivity contribution is -0.134. The second-order valence-electron chi connectivity index (χ2n) is 3.75. The summed E-state index contributed by atoms with van der Waals surface area (Å²) in [7, 11) is 1.57. The van der Waals surface area contributed by atoms with Gasteiger partial charge in [-0.05, 0) is 12.5 Å². The van der Waals surface area contributed by atoms with Gasteiger partial charge in [-0.3, -0.25) is 14.9 Å². The lowest BCUT2D eigenvalue weighted by Crippen LogP contribution is -2.39. The molecule has 4 heteroatoms. The molecule has 0 aliphatic carbocycles. The number of para-hydroxylation sites is 1. The number of hydrogen-bond acceptors (Lipinski definition) is 3. The molecule has 1 unspecified atom stereocenters. The van der Waals surface area contributed by atoms with Gasteiger partial charge >= 0.3 is 0 Å². The van der Waals surface area contributed by atoms with Crippen LogP contribution in [0.2, 0.25) is 0 Å². The van der Waals surface area contributed by atoms with Gasteiger partial charge in [-0.25, -0.2) is 0 Å². The van der Waals surface area contributed by atoms with Crippen LogP contribution in [0, 0.1) is 0 Å². The lowest BCUT2D eigenvalue weighted by Gasteiger charge is -2.22. The molecule has 0 saturated carbocycles. The highest BCUT2D eigenvalue weighted by Crippen LogP contribution is 2.31. The van der Waals surface area contributed by atoms with E-state index in [9.17, 15) is 9.59 Å². The molecule has 0 radical (unpaired) electrons. The average molecular weight is 219 g/mol. The number of carbonyl (C=O) groups is 2. The minimum Gasteiger partial charge on any atom is -0.496 e. The molecule has 1 fully saturated rings. The molecular formula is C12H13NO3. The topological polar surface area (TPSA) is 55.4 Å². The molecule has 0 spiro atoms. The normalized spacial score (nSPS) is 20.4. The van der Waals surface area contributed by atoms with Crippen LogP contribution in [-0.4, -0.2) is 18.9 Å². The third kappa shape index (κ3) is 1.91. The molecule has 4 nitrogen and oxygen atoms in total. The van der Waals surface area contributed by atoms with Crippen LogP contribution in [0.3, 0.4) is 0 Å². The zero-order valence-corrected chi connectivity index (χ0v) is 9.03. The van der Waals surface area contributed by atoms with Crippen molar-refractivity contribution in [1.82, 2.24) is 5.32 Å². The Bertz CT molecular complexity index is 428. The second-order valence-corrected chi connectivity index (χ2v) is 3.75.